The number of aromatic nitrogens is 2. The van der Waals surface area contributed by atoms with Crippen molar-refractivity contribution in [2.75, 3.05) is 25.1 Å². The lowest BCUT2D eigenvalue weighted by molar-refractivity contribution is -0.136. The van der Waals surface area contributed by atoms with Crippen LogP contribution in [0.15, 0.2) is 65.6 Å². The van der Waals surface area contributed by atoms with Gasteiger partial charge in [-0.2, -0.15) is 9.78 Å². The van der Waals surface area contributed by atoms with E-state index in [2.05, 4.69) is 10.4 Å². The molecule has 0 bridgehead atoms. The predicted molar refractivity (Wildman–Crippen MR) is 114 cm³/mol. The van der Waals surface area contributed by atoms with Gasteiger partial charge in [-0.3, -0.25) is 4.79 Å². The number of alkyl halides is 2. The van der Waals surface area contributed by atoms with Gasteiger partial charge in [-0.25, -0.2) is 8.78 Å². The molecule has 0 radical (unpaired) electrons. The summed E-state index contributed by atoms with van der Waals surface area (Å²) in [7, 11) is 0. The number of halogens is 3. The van der Waals surface area contributed by atoms with Crippen LogP contribution in [-0.4, -0.2) is 35.5 Å². The normalized spacial score (nSPS) is 17.8. The highest BCUT2D eigenvalue weighted by Gasteiger charge is 2.42. The third-order valence-electron chi connectivity index (χ3n) is 5.01. The fraction of sp³-hybridized carbons (Fsp3) is 0.273. The van der Waals surface area contributed by atoms with Crippen molar-refractivity contribution in [1.29, 1.82) is 0 Å². The first-order chi connectivity index (χ1) is 14.9. The molecule has 0 spiro atoms. The lowest BCUT2D eigenvalue weighted by Gasteiger charge is -2.31. The minimum absolute atomic E-state index is 0.0387. The Balaban J connectivity index is 1.47. The first-order valence-electron chi connectivity index (χ1n) is 9.75. The van der Waals surface area contributed by atoms with Gasteiger partial charge in [0.2, 0.25) is 0 Å². The van der Waals surface area contributed by atoms with E-state index >= 15 is 0 Å². The monoisotopic (exact) mass is 447 g/mol. The zero-order valence-corrected chi connectivity index (χ0v) is 17.2. The minimum atomic E-state index is -2.83. The summed E-state index contributed by atoms with van der Waals surface area (Å²) in [6.45, 7) is -0.0973. The van der Waals surface area contributed by atoms with Crippen molar-refractivity contribution in [1.82, 2.24) is 9.78 Å². The zero-order valence-electron chi connectivity index (χ0n) is 16.4. The molecular formula is C22H20ClF2N3O3. The fourth-order valence-corrected chi connectivity index (χ4v) is 3.42. The molecule has 6 nitrogen and oxygen atoms in total. The second kappa shape index (κ2) is 9.03. The molecule has 2 aromatic carbocycles. The van der Waals surface area contributed by atoms with Crippen LogP contribution in [0.4, 0.5) is 14.5 Å². The number of hydrogen-bond acceptors (Lipinski definition) is 5. The maximum absolute atomic E-state index is 14.0. The second-order valence-corrected chi connectivity index (χ2v) is 7.54. The number of anilines is 1. The van der Waals surface area contributed by atoms with Crippen molar-refractivity contribution in [2.24, 2.45) is 5.92 Å². The molecule has 0 amide bonds. The van der Waals surface area contributed by atoms with Crippen molar-refractivity contribution in [2.45, 2.75) is 12.3 Å². The Morgan fingerprint density at radius 2 is 1.87 bits per heavy atom. The molecular weight excluding hydrogens is 428 g/mol. The maximum Gasteiger partial charge on any atom is 0.292 e. The molecule has 31 heavy (non-hydrogen) atoms. The molecule has 3 aromatic rings. The SMILES string of the molecule is O=c1c(Cl)c(NC[C@H]2COCCC2(F)F)cnn1-c1ccc(Oc2ccccc2)cc1. The van der Waals surface area contributed by atoms with Crippen LogP contribution < -0.4 is 15.6 Å². The van der Waals surface area contributed by atoms with Crippen LogP contribution >= 0.6 is 11.6 Å². The van der Waals surface area contributed by atoms with E-state index in [9.17, 15) is 13.6 Å². The predicted octanol–water partition coefficient (Wildman–Crippen LogP) is 4.76. The van der Waals surface area contributed by atoms with E-state index in [1.807, 2.05) is 30.3 Å². The fourth-order valence-electron chi connectivity index (χ4n) is 3.22. The Morgan fingerprint density at radius 3 is 2.58 bits per heavy atom. The second-order valence-electron chi connectivity index (χ2n) is 7.16. The van der Waals surface area contributed by atoms with E-state index in [0.717, 1.165) is 4.68 Å². The summed E-state index contributed by atoms with van der Waals surface area (Å²) >= 11 is 6.20. The smallest absolute Gasteiger partial charge is 0.292 e. The Labute approximate surface area is 182 Å². The van der Waals surface area contributed by atoms with Crippen molar-refractivity contribution in [3.05, 3.63) is 76.2 Å². The number of hydrogen-bond donors (Lipinski definition) is 1. The van der Waals surface area contributed by atoms with E-state index in [0.29, 0.717) is 17.2 Å². The summed E-state index contributed by atoms with van der Waals surface area (Å²) in [5.41, 5.74) is 0.134. The van der Waals surface area contributed by atoms with E-state index in [4.69, 9.17) is 21.1 Å². The number of para-hydroxylation sites is 1. The molecule has 2 heterocycles. The largest absolute Gasteiger partial charge is 0.457 e. The molecule has 0 saturated carbocycles. The molecule has 4 rings (SSSR count). The van der Waals surface area contributed by atoms with E-state index in [-0.39, 0.29) is 36.9 Å². The average molecular weight is 448 g/mol. The van der Waals surface area contributed by atoms with Crippen molar-refractivity contribution >= 4 is 17.3 Å². The average Bonchev–Trinajstić information content (AvgIpc) is 2.77. The molecule has 1 atom stereocenters. The van der Waals surface area contributed by atoms with Crippen LogP contribution in [0.25, 0.3) is 5.69 Å². The van der Waals surface area contributed by atoms with Gasteiger partial charge in [0.1, 0.15) is 16.5 Å². The van der Waals surface area contributed by atoms with Gasteiger partial charge >= 0.3 is 0 Å². The van der Waals surface area contributed by atoms with Gasteiger partial charge in [-0.1, -0.05) is 29.8 Å². The van der Waals surface area contributed by atoms with Gasteiger partial charge in [0, 0.05) is 13.0 Å². The van der Waals surface area contributed by atoms with Crippen LogP contribution in [-0.2, 0) is 4.74 Å². The summed E-state index contributed by atoms with van der Waals surface area (Å²) in [6, 6.07) is 16.1. The van der Waals surface area contributed by atoms with Crippen LogP contribution in [0, 0.1) is 5.92 Å². The first-order valence-corrected chi connectivity index (χ1v) is 10.1. The first kappa shape index (κ1) is 21.3. The maximum atomic E-state index is 14.0. The lowest BCUT2D eigenvalue weighted by Crippen LogP contribution is -2.42. The Bertz CT molecular complexity index is 1090. The molecule has 1 aliphatic rings. The number of nitrogens with zero attached hydrogens (tertiary/aromatic N) is 2. The van der Waals surface area contributed by atoms with Crippen LogP contribution in [0.2, 0.25) is 5.02 Å². The number of rotatable bonds is 6. The van der Waals surface area contributed by atoms with E-state index in [1.165, 1.54) is 6.20 Å². The van der Waals surface area contributed by atoms with Crippen molar-refractivity contribution < 1.29 is 18.3 Å². The van der Waals surface area contributed by atoms with Crippen molar-refractivity contribution in [3.63, 3.8) is 0 Å². The molecule has 162 valence electrons. The third kappa shape index (κ3) is 4.86. The molecule has 9 heteroatoms. The van der Waals surface area contributed by atoms with Crippen LogP contribution in [0.1, 0.15) is 6.42 Å². The van der Waals surface area contributed by atoms with Gasteiger partial charge in [-0.15, -0.1) is 0 Å². The lowest BCUT2D eigenvalue weighted by atomic mass is 9.97. The van der Waals surface area contributed by atoms with E-state index < -0.39 is 17.4 Å². The quantitative estimate of drug-likeness (QED) is 0.590. The van der Waals surface area contributed by atoms with Crippen LogP contribution in [0.5, 0.6) is 11.5 Å². The molecule has 0 unspecified atom stereocenters. The highest BCUT2D eigenvalue weighted by atomic mass is 35.5. The number of ether oxygens (including phenoxy) is 2. The summed E-state index contributed by atoms with van der Waals surface area (Å²) in [5, 5.41) is 6.80. The summed E-state index contributed by atoms with van der Waals surface area (Å²) in [6.07, 6.45) is 1.02. The molecule has 1 aliphatic heterocycles. The number of benzene rings is 2. The molecule has 1 saturated heterocycles. The Kier molecular flexibility index (Phi) is 6.20. The molecule has 0 aliphatic carbocycles. The van der Waals surface area contributed by atoms with Gasteiger partial charge in [0.25, 0.3) is 11.5 Å². The molecule has 1 fully saturated rings. The van der Waals surface area contributed by atoms with Crippen LogP contribution in [0.3, 0.4) is 0 Å². The Morgan fingerprint density at radius 1 is 1.16 bits per heavy atom. The third-order valence-corrected chi connectivity index (χ3v) is 5.38. The Hall–Kier alpha value is -2.97. The summed E-state index contributed by atoms with van der Waals surface area (Å²) in [4.78, 5) is 12.7. The topological polar surface area (TPSA) is 65.4 Å². The van der Waals surface area contributed by atoms with Gasteiger partial charge in [-0.05, 0) is 36.4 Å². The van der Waals surface area contributed by atoms with Crippen molar-refractivity contribution in [3.8, 4) is 17.2 Å². The highest BCUT2D eigenvalue weighted by Crippen LogP contribution is 2.32. The molecule has 1 N–H and O–H groups in total. The van der Waals surface area contributed by atoms with Gasteiger partial charge in [0.05, 0.1) is 36.7 Å². The highest BCUT2D eigenvalue weighted by molar-refractivity contribution is 6.32. The zero-order chi connectivity index (χ0) is 21.8. The summed E-state index contributed by atoms with van der Waals surface area (Å²) < 4.78 is 39.9. The summed E-state index contributed by atoms with van der Waals surface area (Å²) in [5.74, 6) is -2.54. The minimum Gasteiger partial charge on any atom is -0.457 e. The standard InChI is InChI=1S/C22H20ClF2N3O3/c23-20-19(26-12-15-14-30-11-10-22(15,24)25)13-27-28(21(20)29)16-6-8-18(9-7-16)31-17-4-2-1-3-5-17/h1-9,13,15,26H,10-12,14H2/t15-/m0/s1. The van der Waals surface area contributed by atoms with Gasteiger partial charge < -0.3 is 14.8 Å². The molecule has 1 aromatic heterocycles. The number of nitrogens with one attached hydrogen (secondary N) is 1. The van der Waals surface area contributed by atoms with E-state index in [1.54, 1.807) is 24.3 Å². The van der Waals surface area contributed by atoms with Gasteiger partial charge in [0.15, 0.2) is 0 Å².